The normalized spacial score (nSPS) is 11.5. The first-order valence-corrected chi connectivity index (χ1v) is 16.7. The van der Waals surface area contributed by atoms with E-state index in [2.05, 4.69) is 15.1 Å². The molecular weight excluding hydrogens is 542 g/mol. The molecule has 0 radical (unpaired) electrons. The Morgan fingerprint density at radius 2 is 1.12 bits per heavy atom. The van der Waals surface area contributed by atoms with Crippen LogP contribution in [0.1, 0.15) is 64.2 Å². The van der Waals surface area contributed by atoms with Gasteiger partial charge >= 0.3 is 9.15 Å². The molecule has 0 aliphatic carbocycles. The Hall–Kier alpha value is -3.19. The van der Waals surface area contributed by atoms with Gasteiger partial charge in [0.2, 0.25) is 0 Å². The fraction of sp³-hybridized carbons (Fsp3) is 0.387. The van der Waals surface area contributed by atoms with Crippen molar-refractivity contribution in [1.82, 2.24) is 0 Å². The smallest absolute Gasteiger partial charge is 0.319 e. The van der Waals surface area contributed by atoms with Gasteiger partial charge < -0.3 is 4.74 Å². The third-order valence-corrected chi connectivity index (χ3v) is 8.50. The van der Waals surface area contributed by atoms with Gasteiger partial charge in [-0.1, -0.05) is 87.8 Å². The quantitative estimate of drug-likeness (QED) is 0.0532. The number of azo groups is 1. The third kappa shape index (κ3) is 12.8. The summed E-state index contributed by atoms with van der Waals surface area (Å²) in [7, 11) is -3.26. The monoisotopic (exact) mass is 579 g/mol. The summed E-state index contributed by atoms with van der Waals surface area (Å²) in [6, 6.07) is 23.0. The van der Waals surface area contributed by atoms with Crippen molar-refractivity contribution >= 4 is 37.0 Å². The summed E-state index contributed by atoms with van der Waals surface area (Å²) >= 11 is 0. The van der Waals surface area contributed by atoms with Crippen molar-refractivity contribution in [2.24, 2.45) is 10.2 Å². The zero-order chi connectivity index (χ0) is 28.5. The predicted molar refractivity (Wildman–Crippen MR) is 164 cm³/mol. The van der Waals surface area contributed by atoms with Crippen LogP contribution in [0.15, 0.2) is 83.0 Å². The van der Waals surface area contributed by atoms with Crippen LogP contribution in [-0.2, 0) is 9.15 Å². The summed E-state index contributed by atoms with van der Waals surface area (Å²) in [4.78, 5) is 3.43. The van der Waals surface area contributed by atoms with E-state index in [1.54, 1.807) is 0 Å². The predicted octanol–water partition coefficient (Wildman–Crippen LogP) is 10.1. The second-order valence-corrected chi connectivity index (χ2v) is 13.0. The van der Waals surface area contributed by atoms with Crippen LogP contribution in [0.2, 0.25) is 0 Å². The van der Waals surface area contributed by atoms with Crippen molar-refractivity contribution in [2.45, 2.75) is 64.2 Å². The molecule has 0 amide bonds. The minimum Gasteiger partial charge on any atom is -0.494 e. The highest BCUT2D eigenvalue weighted by molar-refractivity contribution is 8.69. The van der Waals surface area contributed by atoms with Crippen molar-refractivity contribution in [3.8, 4) is 16.9 Å². The zero-order valence-corrected chi connectivity index (χ0v) is 24.4. The van der Waals surface area contributed by atoms with Gasteiger partial charge in [-0.3, -0.25) is 4.55 Å². The van der Waals surface area contributed by atoms with Crippen molar-refractivity contribution in [3.63, 3.8) is 0 Å². The first kappa shape index (κ1) is 31.3. The molecule has 40 heavy (non-hydrogen) atoms. The topological polar surface area (TPSA) is 92.7 Å². The van der Waals surface area contributed by atoms with E-state index < -0.39 is 9.15 Å². The molecule has 3 rings (SSSR count). The highest BCUT2D eigenvalue weighted by Crippen LogP contribution is 2.26. The fourth-order valence-corrected chi connectivity index (χ4v) is 5.66. The lowest BCUT2D eigenvalue weighted by molar-refractivity contribution is 0.304. The first-order chi connectivity index (χ1) is 19.4. The SMILES string of the molecule is [C-]#[N+]c1ccc(-c2ccc(N=Nc3ccc(OCCCCCCCCCCCCSS(=O)(=O)O)cc3)cc2)cc1. The lowest BCUT2D eigenvalue weighted by atomic mass is 10.1. The molecule has 0 fully saturated rings. The maximum Gasteiger partial charge on any atom is 0.319 e. The van der Waals surface area contributed by atoms with Crippen LogP contribution in [-0.4, -0.2) is 25.3 Å². The van der Waals surface area contributed by atoms with Gasteiger partial charge in [0, 0.05) is 5.75 Å². The standard InChI is InChI=1S/C31H37N3O4S2/c1-32-28-16-12-26(13-17-28)27-14-18-29(19-15-27)33-34-30-20-22-31(23-21-30)38-24-10-8-6-4-2-3-5-7-9-11-25-39-40(35,36)37/h12-23H,2-11,24-25H2,(H,35,36,37). The molecule has 0 unspecified atom stereocenters. The molecule has 0 heterocycles. The van der Waals surface area contributed by atoms with E-state index in [0.717, 1.165) is 60.4 Å². The number of benzene rings is 3. The molecule has 3 aromatic carbocycles. The third-order valence-electron chi connectivity index (χ3n) is 6.35. The number of ether oxygens (including phenoxy) is 1. The van der Waals surface area contributed by atoms with Gasteiger partial charge in [0.05, 0.1) is 24.6 Å². The minimum absolute atomic E-state index is 0.468. The molecule has 0 aromatic heterocycles. The van der Waals surface area contributed by atoms with Crippen LogP contribution in [0.5, 0.6) is 5.75 Å². The summed E-state index contributed by atoms with van der Waals surface area (Å²) in [5.74, 6) is 1.30. The van der Waals surface area contributed by atoms with Crippen LogP contribution in [0.25, 0.3) is 16.0 Å². The van der Waals surface area contributed by atoms with Gasteiger partial charge in [0.15, 0.2) is 5.69 Å². The highest BCUT2D eigenvalue weighted by Gasteiger charge is 2.04. The molecule has 3 aromatic rings. The largest absolute Gasteiger partial charge is 0.494 e. The van der Waals surface area contributed by atoms with Gasteiger partial charge in [0.25, 0.3) is 0 Å². The molecule has 0 bridgehead atoms. The Bertz CT molecular complexity index is 1320. The van der Waals surface area contributed by atoms with Crippen LogP contribution in [0.3, 0.4) is 0 Å². The maximum absolute atomic E-state index is 10.6. The van der Waals surface area contributed by atoms with Gasteiger partial charge in [-0.15, -0.1) is 0 Å². The Kier molecular flexibility index (Phi) is 13.7. The van der Waals surface area contributed by atoms with Crippen LogP contribution >= 0.6 is 10.8 Å². The minimum atomic E-state index is -3.88. The van der Waals surface area contributed by atoms with Crippen molar-refractivity contribution in [2.75, 3.05) is 12.4 Å². The molecule has 0 saturated heterocycles. The number of rotatable bonds is 18. The molecule has 212 valence electrons. The highest BCUT2D eigenvalue weighted by atomic mass is 33.1. The zero-order valence-electron chi connectivity index (χ0n) is 22.7. The van der Waals surface area contributed by atoms with E-state index in [4.69, 9.17) is 15.9 Å². The number of nitrogens with zero attached hydrogens (tertiary/aromatic N) is 3. The van der Waals surface area contributed by atoms with Gasteiger partial charge in [-0.2, -0.15) is 18.6 Å². The van der Waals surface area contributed by atoms with Gasteiger partial charge in [0.1, 0.15) is 5.75 Å². The molecule has 7 nitrogen and oxygen atoms in total. The summed E-state index contributed by atoms with van der Waals surface area (Å²) < 4.78 is 35.8. The van der Waals surface area contributed by atoms with E-state index in [0.29, 0.717) is 28.8 Å². The van der Waals surface area contributed by atoms with E-state index in [1.165, 1.54) is 32.1 Å². The number of hydrogen-bond donors (Lipinski definition) is 1. The fourth-order valence-electron chi connectivity index (χ4n) is 4.15. The van der Waals surface area contributed by atoms with E-state index >= 15 is 0 Å². The molecule has 0 aliphatic heterocycles. The average Bonchev–Trinajstić information content (AvgIpc) is 2.96. The second kappa shape index (κ2) is 17.5. The van der Waals surface area contributed by atoms with Crippen molar-refractivity contribution in [1.29, 1.82) is 0 Å². The Morgan fingerprint density at radius 1 is 0.675 bits per heavy atom. The number of hydrogen-bond acceptors (Lipinski definition) is 6. The van der Waals surface area contributed by atoms with Crippen LogP contribution in [0.4, 0.5) is 17.1 Å². The molecule has 0 spiro atoms. The number of unbranched alkanes of at least 4 members (excludes halogenated alkanes) is 9. The molecular formula is C31H37N3O4S2. The lowest BCUT2D eigenvalue weighted by Gasteiger charge is -2.06. The molecule has 0 atom stereocenters. The molecule has 0 saturated carbocycles. The lowest BCUT2D eigenvalue weighted by Crippen LogP contribution is -1.96. The second-order valence-electron chi connectivity index (χ2n) is 9.53. The molecule has 9 heteroatoms. The Balaban J connectivity index is 1.23. The molecule has 1 N–H and O–H groups in total. The van der Waals surface area contributed by atoms with Crippen molar-refractivity contribution < 1.29 is 17.7 Å². The van der Waals surface area contributed by atoms with Crippen LogP contribution in [0, 0.1) is 6.57 Å². The maximum atomic E-state index is 10.6. The summed E-state index contributed by atoms with van der Waals surface area (Å²) in [5.41, 5.74) is 4.30. The van der Waals surface area contributed by atoms with Gasteiger partial charge in [-0.25, -0.2) is 4.85 Å². The van der Waals surface area contributed by atoms with Crippen LogP contribution < -0.4 is 4.74 Å². The summed E-state index contributed by atoms with van der Waals surface area (Å²) in [5, 5.41) is 8.66. The Labute approximate surface area is 242 Å². The van der Waals surface area contributed by atoms with Crippen molar-refractivity contribution in [3.05, 3.63) is 84.2 Å². The Morgan fingerprint density at radius 3 is 1.62 bits per heavy atom. The molecule has 0 aliphatic rings. The van der Waals surface area contributed by atoms with E-state index in [9.17, 15) is 8.42 Å². The summed E-state index contributed by atoms with van der Waals surface area (Å²) in [6.45, 7) is 7.76. The van der Waals surface area contributed by atoms with E-state index in [-0.39, 0.29) is 0 Å². The average molecular weight is 580 g/mol. The van der Waals surface area contributed by atoms with E-state index in [1.807, 2.05) is 72.8 Å². The van der Waals surface area contributed by atoms with Gasteiger partial charge in [-0.05, 0) is 71.2 Å². The summed E-state index contributed by atoms with van der Waals surface area (Å²) in [6.07, 6.45) is 11.2. The first-order valence-electron chi connectivity index (χ1n) is 13.8.